The molecule has 2 aromatic carbocycles. The second kappa shape index (κ2) is 7.63. The molecule has 0 amide bonds. The van der Waals surface area contributed by atoms with Crippen molar-refractivity contribution in [2.75, 3.05) is 26.1 Å². The first kappa shape index (κ1) is 20.0. The van der Waals surface area contributed by atoms with E-state index in [1.54, 1.807) is 13.2 Å². The van der Waals surface area contributed by atoms with Crippen LogP contribution in [0.2, 0.25) is 0 Å². The summed E-state index contributed by atoms with van der Waals surface area (Å²) in [6.07, 6.45) is 9.06. The molecule has 0 bridgehead atoms. The number of nitrogens with zero attached hydrogens (tertiary/aromatic N) is 1. The molecule has 3 atom stereocenters. The molecule has 0 saturated heterocycles. The summed E-state index contributed by atoms with van der Waals surface area (Å²) in [5.41, 5.74) is 4.03. The van der Waals surface area contributed by atoms with Gasteiger partial charge in [0, 0.05) is 31.8 Å². The first-order chi connectivity index (χ1) is 15.0. The van der Waals surface area contributed by atoms with Crippen LogP contribution in [0.5, 0.6) is 11.5 Å². The highest BCUT2D eigenvalue weighted by Crippen LogP contribution is 2.56. The van der Waals surface area contributed by atoms with Gasteiger partial charge in [-0.3, -0.25) is 0 Å². The van der Waals surface area contributed by atoms with Gasteiger partial charge in [-0.1, -0.05) is 24.6 Å². The molecule has 5 rings (SSSR count). The number of hydrogen-bond donors (Lipinski definition) is 0. The number of carbonyl (C=O) groups excluding carboxylic acids is 1. The van der Waals surface area contributed by atoms with Gasteiger partial charge < -0.3 is 19.1 Å². The SMILES string of the molecule is COc1ccc2c3c1OC1C[C@@H](OC(=O)c4cccc(N(C)C)c4)C=C[C@@]31CCCC2. The van der Waals surface area contributed by atoms with Gasteiger partial charge in [-0.2, -0.15) is 0 Å². The molecule has 0 aromatic heterocycles. The maximum Gasteiger partial charge on any atom is 0.338 e. The number of carbonyl (C=O) groups is 1. The Balaban J connectivity index is 1.42. The Hall–Kier alpha value is -2.95. The summed E-state index contributed by atoms with van der Waals surface area (Å²) in [6, 6.07) is 11.7. The summed E-state index contributed by atoms with van der Waals surface area (Å²) in [5, 5.41) is 0. The third-order valence-corrected chi connectivity index (χ3v) is 6.93. The number of benzene rings is 2. The molecule has 0 saturated carbocycles. The predicted octanol–water partition coefficient (Wildman–Crippen LogP) is 4.67. The van der Waals surface area contributed by atoms with E-state index in [0.717, 1.165) is 36.4 Å². The molecule has 3 aliphatic rings. The molecule has 1 unspecified atom stereocenters. The van der Waals surface area contributed by atoms with Crippen LogP contribution in [-0.2, 0) is 16.6 Å². The number of aryl methyl sites for hydroxylation is 1. The standard InChI is InChI=1S/C26H29NO4/c1-27(2)19-9-6-8-18(15-19)25(28)30-20-12-14-26-13-5-4-7-17-10-11-21(29-3)24(23(17)26)31-22(26)16-20/h6,8-12,14-15,20,22H,4-5,7,13,16H2,1-3H3/t20-,22?,26+/m0/s1. The van der Waals surface area contributed by atoms with Gasteiger partial charge >= 0.3 is 5.97 Å². The molecule has 162 valence electrons. The van der Waals surface area contributed by atoms with Crippen molar-refractivity contribution in [1.29, 1.82) is 0 Å². The molecular weight excluding hydrogens is 390 g/mol. The Labute approximate surface area is 183 Å². The van der Waals surface area contributed by atoms with Crippen LogP contribution in [-0.4, -0.2) is 39.4 Å². The first-order valence-electron chi connectivity index (χ1n) is 11.1. The lowest BCUT2D eigenvalue weighted by molar-refractivity contribution is 0.0220. The Morgan fingerprint density at radius 1 is 1.19 bits per heavy atom. The summed E-state index contributed by atoms with van der Waals surface area (Å²) in [6.45, 7) is 0. The molecule has 1 heterocycles. The zero-order chi connectivity index (χ0) is 21.6. The maximum atomic E-state index is 12.8. The van der Waals surface area contributed by atoms with E-state index in [9.17, 15) is 4.79 Å². The zero-order valence-electron chi connectivity index (χ0n) is 18.4. The van der Waals surface area contributed by atoms with E-state index in [0.29, 0.717) is 12.0 Å². The van der Waals surface area contributed by atoms with E-state index in [-0.39, 0.29) is 23.6 Å². The molecule has 5 nitrogen and oxygen atoms in total. The van der Waals surface area contributed by atoms with E-state index < -0.39 is 0 Å². The number of rotatable bonds is 4. The fourth-order valence-electron chi connectivity index (χ4n) is 5.33. The van der Waals surface area contributed by atoms with Crippen molar-refractivity contribution in [1.82, 2.24) is 0 Å². The Morgan fingerprint density at radius 3 is 2.87 bits per heavy atom. The molecule has 0 fully saturated rings. The van der Waals surface area contributed by atoms with Crippen LogP contribution >= 0.6 is 0 Å². The fraction of sp³-hybridized carbons (Fsp3) is 0.423. The lowest BCUT2D eigenvalue weighted by atomic mass is 9.69. The average Bonchev–Trinajstić information content (AvgIpc) is 2.99. The van der Waals surface area contributed by atoms with Gasteiger partial charge in [0.1, 0.15) is 12.2 Å². The van der Waals surface area contributed by atoms with E-state index >= 15 is 0 Å². The number of ether oxygens (including phenoxy) is 3. The van der Waals surface area contributed by atoms with Crippen molar-refractivity contribution >= 4 is 11.7 Å². The molecule has 1 spiro atoms. The van der Waals surface area contributed by atoms with Gasteiger partial charge in [0.15, 0.2) is 11.5 Å². The van der Waals surface area contributed by atoms with Gasteiger partial charge in [0.25, 0.3) is 0 Å². The molecule has 2 aliphatic carbocycles. The highest BCUT2D eigenvalue weighted by Gasteiger charge is 2.52. The molecule has 31 heavy (non-hydrogen) atoms. The summed E-state index contributed by atoms with van der Waals surface area (Å²) < 4.78 is 18.0. The van der Waals surface area contributed by atoms with Crippen molar-refractivity contribution in [3.63, 3.8) is 0 Å². The van der Waals surface area contributed by atoms with Crippen LogP contribution in [0.15, 0.2) is 48.6 Å². The van der Waals surface area contributed by atoms with E-state index in [1.807, 2.05) is 43.3 Å². The van der Waals surface area contributed by atoms with Crippen molar-refractivity contribution in [3.05, 3.63) is 65.2 Å². The fourth-order valence-corrected chi connectivity index (χ4v) is 5.33. The first-order valence-corrected chi connectivity index (χ1v) is 11.1. The molecule has 0 radical (unpaired) electrons. The van der Waals surface area contributed by atoms with Gasteiger partial charge in [-0.15, -0.1) is 0 Å². The predicted molar refractivity (Wildman–Crippen MR) is 120 cm³/mol. The van der Waals surface area contributed by atoms with Crippen molar-refractivity contribution < 1.29 is 19.0 Å². The number of hydrogen-bond acceptors (Lipinski definition) is 5. The Morgan fingerprint density at radius 2 is 2.06 bits per heavy atom. The van der Waals surface area contributed by atoms with E-state index in [2.05, 4.69) is 18.2 Å². The highest BCUT2D eigenvalue weighted by atomic mass is 16.6. The number of esters is 1. The molecule has 0 N–H and O–H groups in total. The monoisotopic (exact) mass is 419 g/mol. The summed E-state index contributed by atoms with van der Waals surface area (Å²) in [7, 11) is 5.60. The maximum absolute atomic E-state index is 12.8. The van der Waals surface area contributed by atoms with E-state index in [1.165, 1.54) is 17.5 Å². The topological polar surface area (TPSA) is 48.0 Å². The van der Waals surface area contributed by atoms with Crippen LogP contribution in [0.25, 0.3) is 0 Å². The minimum Gasteiger partial charge on any atom is -0.493 e. The van der Waals surface area contributed by atoms with Gasteiger partial charge in [0.05, 0.1) is 18.1 Å². The molecular formula is C26H29NO4. The van der Waals surface area contributed by atoms with Crippen molar-refractivity contribution in [2.45, 2.75) is 49.7 Å². The van der Waals surface area contributed by atoms with Crippen LogP contribution < -0.4 is 14.4 Å². The van der Waals surface area contributed by atoms with Crippen LogP contribution in [0.1, 0.15) is 47.2 Å². The zero-order valence-corrected chi connectivity index (χ0v) is 18.4. The second-order valence-electron chi connectivity index (χ2n) is 8.97. The second-order valence-corrected chi connectivity index (χ2v) is 8.97. The molecule has 2 aromatic rings. The molecule has 5 heteroatoms. The normalized spacial score (nSPS) is 25.6. The Kier molecular flexibility index (Phi) is 4.92. The third kappa shape index (κ3) is 3.27. The van der Waals surface area contributed by atoms with Gasteiger partial charge in [-0.25, -0.2) is 4.79 Å². The van der Waals surface area contributed by atoms with E-state index in [4.69, 9.17) is 14.2 Å². The highest BCUT2D eigenvalue weighted by molar-refractivity contribution is 5.90. The van der Waals surface area contributed by atoms with Crippen molar-refractivity contribution in [2.24, 2.45) is 0 Å². The third-order valence-electron chi connectivity index (χ3n) is 6.93. The van der Waals surface area contributed by atoms with Gasteiger partial charge in [-0.05, 0) is 55.2 Å². The van der Waals surface area contributed by atoms with Crippen LogP contribution in [0.4, 0.5) is 5.69 Å². The number of methoxy groups -OCH3 is 1. The minimum atomic E-state index is -0.307. The smallest absolute Gasteiger partial charge is 0.338 e. The lowest BCUT2D eigenvalue weighted by Gasteiger charge is -2.36. The Bertz CT molecular complexity index is 1040. The van der Waals surface area contributed by atoms with Crippen molar-refractivity contribution in [3.8, 4) is 11.5 Å². The number of anilines is 1. The lowest BCUT2D eigenvalue weighted by Crippen LogP contribution is -2.42. The van der Waals surface area contributed by atoms with Crippen LogP contribution in [0, 0.1) is 0 Å². The summed E-state index contributed by atoms with van der Waals surface area (Å²) in [5.74, 6) is 1.36. The van der Waals surface area contributed by atoms with Gasteiger partial charge in [0.2, 0.25) is 0 Å². The summed E-state index contributed by atoms with van der Waals surface area (Å²) >= 11 is 0. The largest absolute Gasteiger partial charge is 0.493 e. The quantitative estimate of drug-likeness (QED) is 0.532. The average molecular weight is 420 g/mol. The molecule has 1 aliphatic heterocycles. The minimum absolute atomic E-state index is 0.0495. The van der Waals surface area contributed by atoms with Crippen LogP contribution in [0.3, 0.4) is 0 Å². The summed E-state index contributed by atoms with van der Waals surface area (Å²) in [4.78, 5) is 14.8.